The Balaban J connectivity index is 2.26. The van der Waals surface area contributed by atoms with E-state index in [1.165, 1.54) is 12.1 Å². The zero-order chi connectivity index (χ0) is 12.7. The van der Waals surface area contributed by atoms with Crippen LogP contribution in [0.3, 0.4) is 0 Å². The fourth-order valence-corrected chi connectivity index (χ4v) is 2.77. The first-order chi connectivity index (χ1) is 7.84. The molecule has 0 spiro atoms. The number of nitrogens with two attached hydrogens (primary N) is 1. The number of hydrogen-bond donors (Lipinski definition) is 1. The Labute approximate surface area is 101 Å². The van der Waals surface area contributed by atoms with Crippen molar-refractivity contribution in [3.05, 3.63) is 35.4 Å². The fraction of sp³-hybridized carbons (Fsp3) is 0.571. The van der Waals surface area contributed by atoms with Gasteiger partial charge in [0.2, 0.25) is 0 Å². The van der Waals surface area contributed by atoms with Gasteiger partial charge in [-0.05, 0) is 36.3 Å². The number of halogens is 2. The molecular weight excluding hydrogens is 220 g/mol. The number of rotatable bonds is 2. The molecule has 0 aliphatic heterocycles. The lowest BCUT2D eigenvalue weighted by Gasteiger charge is -2.38. The molecule has 1 fully saturated rings. The molecule has 0 amide bonds. The maximum absolute atomic E-state index is 13.6. The van der Waals surface area contributed by atoms with Crippen molar-refractivity contribution >= 4 is 0 Å². The highest BCUT2D eigenvalue weighted by Gasteiger charge is 2.45. The Bertz CT molecular complexity index is 428. The van der Waals surface area contributed by atoms with E-state index in [4.69, 9.17) is 5.73 Å². The smallest absolute Gasteiger partial charge is 0.129 e. The van der Waals surface area contributed by atoms with E-state index in [0.717, 1.165) is 25.3 Å². The van der Waals surface area contributed by atoms with Gasteiger partial charge >= 0.3 is 0 Å². The van der Waals surface area contributed by atoms with Gasteiger partial charge < -0.3 is 5.73 Å². The van der Waals surface area contributed by atoms with Crippen LogP contribution in [0.2, 0.25) is 0 Å². The first-order valence-corrected chi connectivity index (χ1v) is 6.07. The minimum atomic E-state index is -0.539. The summed E-state index contributed by atoms with van der Waals surface area (Å²) >= 11 is 0. The Hall–Kier alpha value is -0.960. The van der Waals surface area contributed by atoms with Gasteiger partial charge in [-0.1, -0.05) is 26.3 Å². The maximum Gasteiger partial charge on any atom is 0.129 e. The maximum atomic E-state index is 13.6. The van der Waals surface area contributed by atoms with E-state index < -0.39 is 11.6 Å². The molecule has 0 radical (unpaired) electrons. The van der Waals surface area contributed by atoms with Crippen molar-refractivity contribution in [2.75, 3.05) is 0 Å². The second-order valence-corrected chi connectivity index (χ2v) is 5.81. The lowest BCUT2D eigenvalue weighted by molar-refractivity contribution is 0.205. The van der Waals surface area contributed by atoms with E-state index in [9.17, 15) is 8.78 Å². The van der Waals surface area contributed by atoms with E-state index >= 15 is 0 Å². The lowest BCUT2D eigenvalue weighted by atomic mass is 9.72. The Morgan fingerprint density at radius 3 is 2.47 bits per heavy atom. The third kappa shape index (κ3) is 2.21. The van der Waals surface area contributed by atoms with E-state index in [1.807, 2.05) is 0 Å². The van der Waals surface area contributed by atoms with Crippen LogP contribution >= 0.6 is 0 Å². The van der Waals surface area contributed by atoms with Crippen LogP contribution in [0.5, 0.6) is 0 Å². The van der Waals surface area contributed by atoms with Gasteiger partial charge in [0.05, 0.1) is 0 Å². The molecule has 3 heteroatoms. The quantitative estimate of drug-likeness (QED) is 0.840. The molecule has 94 valence electrons. The molecule has 1 nitrogen and oxygen atoms in total. The first-order valence-electron chi connectivity index (χ1n) is 6.07. The average Bonchev–Trinajstić information content (AvgIpc) is 2.46. The number of benzene rings is 1. The second kappa shape index (κ2) is 4.05. The van der Waals surface area contributed by atoms with Gasteiger partial charge in [0.1, 0.15) is 11.6 Å². The minimum absolute atomic E-state index is 0.00776. The van der Waals surface area contributed by atoms with Crippen molar-refractivity contribution in [3.63, 3.8) is 0 Å². The van der Waals surface area contributed by atoms with Crippen molar-refractivity contribution in [1.29, 1.82) is 0 Å². The van der Waals surface area contributed by atoms with Crippen LogP contribution < -0.4 is 5.73 Å². The highest BCUT2D eigenvalue weighted by molar-refractivity contribution is 5.23. The van der Waals surface area contributed by atoms with Gasteiger partial charge in [-0.2, -0.15) is 0 Å². The molecule has 1 aliphatic rings. The van der Waals surface area contributed by atoms with Crippen LogP contribution in [0.1, 0.15) is 38.7 Å². The molecule has 1 saturated carbocycles. The fourth-order valence-electron chi connectivity index (χ4n) is 2.77. The summed E-state index contributed by atoms with van der Waals surface area (Å²) in [5.74, 6) is -1.03. The van der Waals surface area contributed by atoms with Crippen LogP contribution in [0, 0.1) is 17.0 Å². The van der Waals surface area contributed by atoms with Gasteiger partial charge in [0.15, 0.2) is 0 Å². The Morgan fingerprint density at radius 1 is 1.24 bits per heavy atom. The predicted molar refractivity (Wildman–Crippen MR) is 64.6 cm³/mol. The van der Waals surface area contributed by atoms with E-state index in [1.54, 1.807) is 0 Å². The molecule has 1 aromatic rings. The SMILES string of the molecule is CC1(C)CCCC1(N)Cc1ccc(F)cc1F. The lowest BCUT2D eigenvalue weighted by Crippen LogP contribution is -2.50. The van der Waals surface area contributed by atoms with Crippen LogP contribution in [0.4, 0.5) is 8.78 Å². The molecule has 1 aliphatic carbocycles. The van der Waals surface area contributed by atoms with Crippen molar-refractivity contribution in [1.82, 2.24) is 0 Å². The van der Waals surface area contributed by atoms with Crippen molar-refractivity contribution < 1.29 is 8.78 Å². The summed E-state index contributed by atoms with van der Waals surface area (Å²) in [7, 11) is 0. The zero-order valence-electron chi connectivity index (χ0n) is 10.4. The summed E-state index contributed by atoms with van der Waals surface area (Å²) in [4.78, 5) is 0. The van der Waals surface area contributed by atoms with E-state index in [-0.39, 0.29) is 11.0 Å². The van der Waals surface area contributed by atoms with Crippen LogP contribution in [-0.2, 0) is 6.42 Å². The molecule has 2 rings (SSSR count). The summed E-state index contributed by atoms with van der Waals surface area (Å²) in [6, 6.07) is 3.73. The van der Waals surface area contributed by atoms with Gasteiger partial charge in [-0.3, -0.25) is 0 Å². The van der Waals surface area contributed by atoms with Crippen LogP contribution in [0.25, 0.3) is 0 Å². The molecule has 0 bridgehead atoms. The zero-order valence-corrected chi connectivity index (χ0v) is 10.4. The average molecular weight is 239 g/mol. The monoisotopic (exact) mass is 239 g/mol. The minimum Gasteiger partial charge on any atom is -0.324 e. The molecule has 17 heavy (non-hydrogen) atoms. The summed E-state index contributed by atoms with van der Waals surface area (Å²) < 4.78 is 26.5. The summed E-state index contributed by atoms with van der Waals surface area (Å²) in [5.41, 5.74) is 6.56. The van der Waals surface area contributed by atoms with Crippen molar-refractivity contribution in [3.8, 4) is 0 Å². The van der Waals surface area contributed by atoms with Crippen LogP contribution in [0.15, 0.2) is 18.2 Å². The van der Waals surface area contributed by atoms with Crippen LogP contribution in [-0.4, -0.2) is 5.54 Å². The van der Waals surface area contributed by atoms with Gasteiger partial charge in [0.25, 0.3) is 0 Å². The first kappa shape index (κ1) is 12.5. The van der Waals surface area contributed by atoms with Gasteiger partial charge in [-0.15, -0.1) is 0 Å². The molecule has 1 atom stereocenters. The second-order valence-electron chi connectivity index (χ2n) is 5.81. The third-order valence-corrected chi connectivity index (χ3v) is 4.29. The molecule has 2 N–H and O–H groups in total. The molecule has 0 saturated heterocycles. The number of hydrogen-bond acceptors (Lipinski definition) is 1. The van der Waals surface area contributed by atoms with Crippen molar-refractivity contribution in [2.45, 2.75) is 45.1 Å². The van der Waals surface area contributed by atoms with Gasteiger partial charge in [0, 0.05) is 11.6 Å². The Kier molecular flexibility index (Phi) is 2.98. The molecule has 1 aromatic carbocycles. The topological polar surface area (TPSA) is 26.0 Å². The normalized spacial score (nSPS) is 27.4. The van der Waals surface area contributed by atoms with Crippen molar-refractivity contribution in [2.24, 2.45) is 11.1 Å². The summed E-state index contributed by atoms with van der Waals surface area (Å²) in [6.07, 6.45) is 3.52. The standard InChI is InChI=1S/C14H19F2N/c1-13(2)6-3-7-14(13,17)9-10-4-5-11(15)8-12(10)16/h4-5,8H,3,6-7,9,17H2,1-2H3. The Morgan fingerprint density at radius 2 is 1.94 bits per heavy atom. The van der Waals surface area contributed by atoms with E-state index in [2.05, 4.69) is 13.8 Å². The highest BCUT2D eigenvalue weighted by atomic mass is 19.1. The highest BCUT2D eigenvalue weighted by Crippen LogP contribution is 2.46. The van der Waals surface area contributed by atoms with Gasteiger partial charge in [-0.25, -0.2) is 8.78 Å². The summed E-state index contributed by atoms with van der Waals surface area (Å²) in [6.45, 7) is 4.25. The summed E-state index contributed by atoms with van der Waals surface area (Å²) in [5, 5.41) is 0. The molecule has 1 unspecified atom stereocenters. The molecule has 0 heterocycles. The largest absolute Gasteiger partial charge is 0.324 e. The third-order valence-electron chi connectivity index (χ3n) is 4.29. The predicted octanol–water partition coefficient (Wildman–Crippen LogP) is 3.41. The molecule has 0 aromatic heterocycles. The molecular formula is C14H19F2N. The van der Waals surface area contributed by atoms with E-state index in [0.29, 0.717) is 12.0 Å².